The van der Waals surface area contributed by atoms with Gasteiger partial charge in [0.2, 0.25) is 0 Å². The number of carbonyl (C=O) groups excluding carboxylic acids is 1. The largest absolute Gasteiger partial charge is 0.385 e. The molecule has 0 saturated carbocycles. The molecule has 0 saturated heterocycles. The molecule has 0 unspecified atom stereocenters. The minimum absolute atomic E-state index is 0.0307. The van der Waals surface area contributed by atoms with Gasteiger partial charge in [0.1, 0.15) is 0 Å². The Labute approximate surface area is 130 Å². The van der Waals surface area contributed by atoms with E-state index in [1.165, 1.54) is 0 Å². The number of hydrogen-bond donors (Lipinski definition) is 1. The highest BCUT2D eigenvalue weighted by Gasteiger charge is 2.19. The summed E-state index contributed by atoms with van der Waals surface area (Å²) in [7, 11) is 1.83. The number of hydrogen-bond acceptors (Lipinski definition) is 2. The van der Waals surface area contributed by atoms with Gasteiger partial charge in [0, 0.05) is 42.0 Å². The number of carbonyl (C=O) groups is 1. The van der Waals surface area contributed by atoms with Crippen molar-refractivity contribution in [1.82, 2.24) is 14.8 Å². The minimum Gasteiger partial charge on any atom is -0.385 e. The molecule has 1 aromatic carbocycles. The van der Waals surface area contributed by atoms with Gasteiger partial charge >= 0.3 is 0 Å². The molecule has 1 aliphatic rings. The van der Waals surface area contributed by atoms with Crippen molar-refractivity contribution in [2.45, 2.75) is 19.9 Å². The summed E-state index contributed by atoms with van der Waals surface area (Å²) < 4.78 is 2.20. The Kier molecular flexibility index (Phi) is 4.00. The van der Waals surface area contributed by atoms with Gasteiger partial charge in [-0.05, 0) is 43.0 Å². The van der Waals surface area contributed by atoms with E-state index in [9.17, 15) is 4.79 Å². The van der Waals surface area contributed by atoms with Gasteiger partial charge < -0.3 is 14.8 Å². The summed E-state index contributed by atoms with van der Waals surface area (Å²) in [6.07, 6.45) is 8.91. The summed E-state index contributed by atoms with van der Waals surface area (Å²) in [4.78, 5) is 14.6. The van der Waals surface area contributed by atoms with Crippen molar-refractivity contribution in [3.8, 4) is 0 Å². The van der Waals surface area contributed by atoms with E-state index in [0.29, 0.717) is 6.54 Å². The van der Waals surface area contributed by atoms with Gasteiger partial charge in [-0.15, -0.1) is 0 Å². The van der Waals surface area contributed by atoms with Crippen LogP contribution in [-0.2, 0) is 6.54 Å². The Hall–Kier alpha value is -2.49. The number of amides is 1. The van der Waals surface area contributed by atoms with Crippen LogP contribution < -0.4 is 5.32 Å². The maximum atomic E-state index is 12.8. The average Bonchev–Trinajstić information content (AvgIpc) is 2.98. The lowest BCUT2D eigenvalue weighted by molar-refractivity contribution is 0.0835. The molecular weight excluding hydrogens is 274 g/mol. The number of aromatic nitrogens is 1. The number of likely N-dealkylation sites (N-methyl/N-ethyl adjacent to an activating group) is 1. The summed E-state index contributed by atoms with van der Waals surface area (Å²) in [5.41, 5.74) is 2.85. The minimum atomic E-state index is 0.0307. The summed E-state index contributed by atoms with van der Waals surface area (Å²) >= 11 is 0. The average molecular weight is 295 g/mol. The molecule has 4 nitrogen and oxygen atoms in total. The lowest BCUT2D eigenvalue weighted by atomic mass is 10.1. The number of nitrogens with one attached hydrogen (secondary N) is 1. The SMILES string of the molecule is CCCn1ccc2c(C(=O)N(C)C3=CC=CNC3)cccc21. The summed E-state index contributed by atoms with van der Waals surface area (Å²) in [6, 6.07) is 7.98. The number of benzene rings is 1. The molecule has 2 aromatic rings. The molecule has 1 N–H and O–H groups in total. The van der Waals surface area contributed by atoms with Crippen LogP contribution in [-0.4, -0.2) is 29.0 Å². The zero-order valence-electron chi connectivity index (χ0n) is 13.0. The van der Waals surface area contributed by atoms with Crippen molar-refractivity contribution in [3.05, 3.63) is 60.1 Å². The van der Waals surface area contributed by atoms with Crippen molar-refractivity contribution >= 4 is 16.8 Å². The summed E-state index contributed by atoms with van der Waals surface area (Å²) in [5.74, 6) is 0.0307. The fraction of sp³-hybridized carbons (Fsp3) is 0.278. The Morgan fingerprint density at radius 1 is 1.36 bits per heavy atom. The number of fused-ring (bicyclic) bond motifs is 1. The third-order valence-corrected chi connectivity index (χ3v) is 4.03. The van der Waals surface area contributed by atoms with Crippen LogP contribution in [0.25, 0.3) is 10.9 Å². The second-order valence-electron chi connectivity index (χ2n) is 5.51. The monoisotopic (exact) mass is 295 g/mol. The van der Waals surface area contributed by atoms with Crippen molar-refractivity contribution in [2.24, 2.45) is 0 Å². The zero-order valence-corrected chi connectivity index (χ0v) is 13.0. The van der Waals surface area contributed by atoms with Crippen LogP contribution in [0.15, 0.2) is 54.5 Å². The molecular formula is C18H21N3O. The van der Waals surface area contributed by atoms with E-state index < -0.39 is 0 Å². The molecule has 0 aliphatic carbocycles. The molecule has 1 aromatic heterocycles. The first-order valence-corrected chi connectivity index (χ1v) is 7.67. The van der Waals surface area contributed by atoms with Crippen molar-refractivity contribution in [1.29, 1.82) is 0 Å². The van der Waals surface area contributed by atoms with Crippen LogP contribution in [0.1, 0.15) is 23.7 Å². The van der Waals surface area contributed by atoms with Crippen LogP contribution >= 0.6 is 0 Å². The molecule has 1 amide bonds. The van der Waals surface area contributed by atoms with E-state index in [-0.39, 0.29) is 5.91 Å². The van der Waals surface area contributed by atoms with Crippen LogP contribution in [0, 0.1) is 0 Å². The first kappa shape index (κ1) is 14.4. The summed E-state index contributed by atoms with van der Waals surface area (Å²) in [6.45, 7) is 3.80. The smallest absolute Gasteiger partial charge is 0.258 e. The predicted octanol–water partition coefficient (Wildman–Crippen LogP) is 3.12. The quantitative estimate of drug-likeness (QED) is 0.941. The van der Waals surface area contributed by atoms with Gasteiger partial charge in [-0.25, -0.2) is 0 Å². The normalized spacial score (nSPS) is 13.8. The van der Waals surface area contributed by atoms with Crippen molar-refractivity contribution < 1.29 is 4.79 Å². The van der Waals surface area contributed by atoms with E-state index in [2.05, 4.69) is 29.1 Å². The standard InChI is InChI=1S/C18H21N3O/c1-3-11-21-12-9-15-16(7-4-8-17(15)21)18(22)20(2)14-6-5-10-19-13-14/h4-10,12,19H,3,11,13H2,1-2H3. The van der Waals surface area contributed by atoms with Gasteiger partial charge in [0.05, 0.1) is 6.54 Å². The molecule has 1 aliphatic heterocycles. The first-order valence-electron chi connectivity index (χ1n) is 7.67. The second kappa shape index (κ2) is 6.10. The lowest BCUT2D eigenvalue weighted by Crippen LogP contribution is -2.31. The van der Waals surface area contributed by atoms with Crippen LogP contribution in [0.2, 0.25) is 0 Å². The molecule has 0 radical (unpaired) electrons. The highest BCUT2D eigenvalue weighted by molar-refractivity contribution is 6.07. The molecule has 22 heavy (non-hydrogen) atoms. The number of dihydropyridines is 1. The Morgan fingerprint density at radius 2 is 2.23 bits per heavy atom. The Morgan fingerprint density at radius 3 is 2.95 bits per heavy atom. The maximum Gasteiger partial charge on any atom is 0.258 e. The number of nitrogens with zero attached hydrogens (tertiary/aromatic N) is 2. The van der Waals surface area contributed by atoms with Gasteiger partial charge in [-0.1, -0.05) is 13.0 Å². The van der Waals surface area contributed by atoms with Gasteiger partial charge in [0.15, 0.2) is 0 Å². The predicted molar refractivity (Wildman–Crippen MR) is 89.5 cm³/mol. The van der Waals surface area contributed by atoms with E-state index in [4.69, 9.17) is 0 Å². The molecule has 114 valence electrons. The Balaban J connectivity index is 1.97. The first-order chi connectivity index (χ1) is 10.7. The fourth-order valence-corrected chi connectivity index (χ4v) is 2.84. The third kappa shape index (κ3) is 2.52. The zero-order chi connectivity index (χ0) is 15.5. The van der Waals surface area contributed by atoms with Crippen LogP contribution in [0.5, 0.6) is 0 Å². The lowest BCUT2D eigenvalue weighted by Gasteiger charge is -2.22. The molecule has 4 heteroatoms. The van der Waals surface area contributed by atoms with Crippen molar-refractivity contribution in [3.63, 3.8) is 0 Å². The van der Waals surface area contributed by atoms with Gasteiger partial charge in [-0.3, -0.25) is 4.79 Å². The molecule has 0 fully saturated rings. The highest BCUT2D eigenvalue weighted by atomic mass is 16.2. The van der Waals surface area contributed by atoms with E-state index >= 15 is 0 Å². The highest BCUT2D eigenvalue weighted by Crippen LogP contribution is 2.23. The number of rotatable bonds is 4. The third-order valence-electron chi connectivity index (χ3n) is 4.03. The molecule has 3 rings (SSSR count). The fourth-order valence-electron chi connectivity index (χ4n) is 2.84. The van der Waals surface area contributed by atoms with Crippen molar-refractivity contribution in [2.75, 3.05) is 13.6 Å². The van der Waals surface area contributed by atoms with Gasteiger partial charge in [-0.2, -0.15) is 0 Å². The number of aryl methyl sites for hydroxylation is 1. The van der Waals surface area contributed by atoms with Gasteiger partial charge in [0.25, 0.3) is 5.91 Å². The number of allylic oxidation sites excluding steroid dienone is 2. The van der Waals surface area contributed by atoms with E-state index in [1.54, 1.807) is 4.90 Å². The van der Waals surface area contributed by atoms with E-state index in [1.807, 2.05) is 43.6 Å². The molecule has 0 atom stereocenters. The van der Waals surface area contributed by atoms with E-state index in [0.717, 1.165) is 35.1 Å². The second-order valence-corrected chi connectivity index (χ2v) is 5.51. The molecule has 0 spiro atoms. The Bertz CT molecular complexity index is 755. The van der Waals surface area contributed by atoms with Crippen LogP contribution in [0.4, 0.5) is 0 Å². The van der Waals surface area contributed by atoms with Crippen LogP contribution in [0.3, 0.4) is 0 Å². The maximum absolute atomic E-state index is 12.8. The summed E-state index contributed by atoms with van der Waals surface area (Å²) in [5, 5.41) is 4.15. The topological polar surface area (TPSA) is 37.3 Å². The molecule has 0 bridgehead atoms. The molecule has 2 heterocycles.